The monoisotopic (exact) mass is 333 g/mol. The first-order valence-electron chi connectivity index (χ1n) is 5.63. The summed E-state index contributed by atoms with van der Waals surface area (Å²) in [4.78, 5) is 35.4. The number of hydrogen-bond donors (Lipinski definition) is 0. The van der Waals surface area contributed by atoms with Crippen LogP contribution in [0.1, 0.15) is 20.7 Å². The number of rotatable bonds is 1. The molecule has 0 radical (unpaired) electrons. The van der Waals surface area contributed by atoms with Gasteiger partial charge in [-0.1, -0.05) is 59.1 Å². The topological polar surface area (TPSA) is 77.3 Å². The van der Waals surface area contributed by atoms with Gasteiger partial charge < -0.3 is 0 Å². The van der Waals surface area contributed by atoms with E-state index in [1.165, 1.54) is 12.1 Å². The van der Waals surface area contributed by atoms with Gasteiger partial charge in [0.2, 0.25) is 9.83 Å². The number of carbonyl (C=O) groups excluding carboxylic acids is 2. The summed E-state index contributed by atoms with van der Waals surface area (Å²) in [7, 11) is 0. The van der Waals surface area contributed by atoms with Crippen LogP contribution in [0.25, 0.3) is 0 Å². The van der Waals surface area contributed by atoms with Crippen molar-refractivity contribution in [1.82, 2.24) is 0 Å². The summed E-state index contributed by atoms with van der Waals surface area (Å²) >= 11 is 17.2. The fraction of sp³-hybridized carbons (Fsp3) is 0.333. The van der Waals surface area contributed by atoms with Crippen LogP contribution in [0.5, 0.6) is 0 Å². The molecular weight excluding hydrogens is 328 g/mol. The number of hydrogen-bond acceptors (Lipinski definition) is 4. The van der Waals surface area contributed by atoms with Crippen LogP contribution < -0.4 is 0 Å². The quantitative estimate of drug-likeness (QED) is 0.342. The molecule has 0 N–H and O–H groups in total. The molecule has 1 spiro atoms. The van der Waals surface area contributed by atoms with E-state index in [1.807, 2.05) is 0 Å². The van der Waals surface area contributed by atoms with Gasteiger partial charge in [-0.05, 0) is 0 Å². The first kappa shape index (κ1) is 13.8. The summed E-state index contributed by atoms with van der Waals surface area (Å²) in [6.07, 6.45) is 0. The Labute approximate surface area is 127 Å². The molecule has 0 heterocycles. The van der Waals surface area contributed by atoms with E-state index in [1.54, 1.807) is 12.1 Å². The van der Waals surface area contributed by atoms with Crippen molar-refractivity contribution in [2.24, 2.45) is 11.3 Å². The van der Waals surface area contributed by atoms with E-state index in [4.69, 9.17) is 34.8 Å². The lowest BCUT2D eigenvalue weighted by Gasteiger charge is -2.10. The number of benzene rings is 1. The fourth-order valence-corrected chi connectivity index (χ4v) is 3.95. The van der Waals surface area contributed by atoms with Crippen molar-refractivity contribution < 1.29 is 14.5 Å². The van der Waals surface area contributed by atoms with Gasteiger partial charge in [0, 0.05) is 16.1 Å². The standard InChI is InChI=1S/C12H6Cl3NO4/c13-12(14,15)7-8(16(19)20)11(7)9(17)5-3-1-2-4-6(5)10(11)18/h1-4,7-8H/t7-,8-/m1/s1. The van der Waals surface area contributed by atoms with Gasteiger partial charge in [-0.15, -0.1) is 0 Å². The zero-order valence-electron chi connectivity index (χ0n) is 9.68. The molecule has 1 aromatic carbocycles. The summed E-state index contributed by atoms with van der Waals surface area (Å²) in [6, 6.07) is 4.57. The molecule has 0 saturated heterocycles. The summed E-state index contributed by atoms with van der Waals surface area (Å²) in [5, 5.41) is 11.1. The van der Waals surface area contributed by atoms with Crippen molar-refractivity contribution in [3.8, 4) is 0 Å². The highest BCUT2D eigenvalue weighted by atomic mass is 35.6. The Kier molecular flexibility index (Phi) is 2.71. The molecular formula is C12H6Cl3NO4. The minimum Gasteiger partial charge on any atom is -0.293 e. The van der Waals surface area contributed by atoms with E-state index in [-0.39, 0.29) is 11.1 Å². The van der Waals surface area contributed by atoms with Crippen LogP contribution in [0, 0.1) is 21.4 Å². The summed E-state index contributed by atoms with van der Waals surface area (Å²) in [5.41, 5.74) is -1.56. The first-order valence-corrected chi connectivity index (χ1v) is 6.76. The Balaban J connectivity index is 2.18. The molecule has 1 saturated carbocycles. The molecule has 20 heavy (non-hydrogen) atoms. The van der Waals surface area contributed by atoms with E-state index in [2.05, 4.69) is 0 Å². The predicted molar refractivity (Wildman–Crippen MR) is 72.1 cm³/mol. The molecule has 3 rings (SSSR count). The highest BCUT2D eigenvalue weighted by Gasteiger charge is 2.88. The van der Waals surface area contributed by atoms with Gasteiger partial charge in [-0.25, -0.2) is 0 Å². The van der Waals surface area contributed by atoms with E-state index in [0.717, 1.165) is 0 Å². The number of alkyl halides is 3. The summed E-state index contributed by atoms with van der Waals surface area (Å²) < 4.78 is -2.05. The van der Waals surface area contributed by atoms with Crippen molar-refractivity contribution in [3.63, 3.8) is 0 Å². The fourth-order valence-electron chi connectivity index (χ4n) is 3.07. The number of fused-ring (bicyclic) bond motifs is 1. The Morgan fingerprint density at radius 1 is 1.10 bits per heavy atom. The Morgan fingerprint density at radius 2 is 1.55 bits per heavy atom. The first-order chi connectivity index (χ1) is 9.24. The van der Waals surface area contributed by atoms with Crippen molar-refractivity contribution in [3.05, 3.63) is 45.5 Å². The van der Waals surface area contributed by atoms with E-state index in [9.17, 15) is 19.7 Å². The summed E-state index contributed by atoms with van der Waals surface area (Å²) in [6.45, 7) is 0. The Bertz CT molecular complexity index is 632. The van der Waals surface area contributed by atoms with Gasteiger partial charge in [0.05, 0.1) is 0 Å². The van der Waals surface area contributed by atoms with Crippen LogP contribution in [0.2, 0.25) is 0 Å². The smallest absolute Gasteiger partial charge is 0.242 e. The molecule has 2 aliphatic rings. The number of halogens is 3. The third-order valence-corrected chi connectivity index (χ3v) is 4.62. The molecule has 0 amide bonds. The highest BCUT2D eigenvalue weighted by molar-refractivity contribution is 6.68. The van der Waals surface area contributed by atoms with Crippen molar-refractivity contribution in [2.45, 2.75) is 9.83 Å². The van der Waals surface area contributed by atoms with Crippen LogP contribution in [0.3, 0.4) is 0 Å². The van der Waals surface area contributed by atoms with E-state index in [0.29, 0.717) is 0 Å². The number of carbonyl (C=O) groups is 2. The van der Waals surface area contributed by atoms with Gasteiger partial charge in [-0.2, -0.15) is 0 Å². The second kappa shape index (κ2) is 3.93. The zero-order chi connectivity index (χ0) is 14.9. The average Bonchev–Trinajstić information content (AvgIpc) is 3.03. The lowest BCUT2D eigenvalue weighted by Crippen LogP contribution is -2.26. The molecule has 1 aromatic rings. The van der Waals surface area contributed by atoms with Gasteiger partial charge in [0.1, 0.15) is 5.92 Å². The minimum absolute atomic E-state index is 0.154. The third-order valence-electron chi connectivity index (χ3n) is 3.91. The summed E-state index contributed by atoms with van der Waals surface area (Å²) in [5.74, 6) is -2.50. The largest absolute Gasteiger partial charge is 0.293 e. The highest BCUT2D eigenvalue weighted by Crippen LogP contribution is 2.68. The SMILES string of the molecule is O=C1c2ccccc2C(=O)C12[C@H]([N+](=O)[O-])[C@H]2C(Cl)(Cl)Cl. The van der Waals surface area contributed by atoms with Crippen LogP contribution in [0.4, 0.5) is 0 Å². The molecule has 5 nitrogen and oxygen atoms in total. The van der Waals surface area contributed by atoms with Gasteiger partial charge in [0.15, 0.2) is 17.0 Å². The third kappa shape index (κ3) is 1.46. The van der Waals surface area contributed by atoms with Crippen LogP contribution in [0.15, 0.2) is 24.3 Å². The maximum atomic E-state index is 12.5. The lowest BCUT2D eigenvalue weighted by molar-refractivity contribution is -0.502. The normalized spacial score (nSPS) is 26.8. The van der Waals surface area contributed by atoms with Crippen LogP contribution in [-0.4, -0.2) is 26.3 Å². The molecule has 2 aliphatic carbocycles. The van der Waals surface area contributed by atoms with Gasteiger partial charge >= 0.3 is 0 Å². The molecule has 0 aliphatic heterocycles. The minimum atomic E-state index is -2.05. The number of ketones is 2. The molecule has 1 fully saturated rings. The van der Waals surface area contributed by atoms with Crippen LogP contribution in [-0.2, 0) is 0 Å². The molecule has 104 valence electrons. The van der Waals surface area contributed by atoms with Gasteiger partial charge in [0.25, 0.3) is 0 Å². The molecule has 0 bridgehead atoms. The second-order valence-electron chi connectivity index (χ2n) is 4.82. The van der Waals surface area contributed by atoms with E-state index >= 15 is 0 Å². The van der Waals surface area contributed by atoms with Crippen molar-refractivity contribution >= 4 is 46.4 Å². The van der Waals surface area contributed by atoms with Crippen LogP contribution >= 0.6 is 34.8 Å². The molecule has 0 aromatic heterocycles. The Morgan fingerprint density at radius 3 is 1.85 bits per heavy atom. The average molecular weight is 335 g/mol. The molecule has 2 atom stereocenters. The maximum absolute atomic E-state index is 12.5. The van der Waals surface area contributed by atoms with Crippen molar-refractivity contribution in [2.75, 3.05) is 0 Å². The Hall–Kier alpha value is -1.17. The zero-order valence-corrected chi connectivity index (χ0v) is 11.9. The molecule has 0 unspecified atom stereocenters. The van der Waals surface area contributed by atoms with Gasteiger partial charge in [-0.3, -0.25) is 19.7 Å². The van der Waals surface area contributed by atoms with E-state index < -0.39 is 37.7 Å². The maximum Gasteiger partial charge on any atom is 0.242 e. The number of nitrogens with zero attached hydrogens (tertiary/aromatic N) is 1. The predicted octanol–water partition coefficient (Wildman–Crippen LogP) is 2.70. The second-order valence-corrected chi connectivity index (χ2v) is 7.19. The number of Topliss-reactive ketones (excluding diaryl/α,β-unsaturated/α-hetero) is 2. The lowest BCUT2D eigenvalue weighted by atomic mass is 9.97. The number of nitro groups is 1. The molecule has 8 heteroatoms. The van der Waals surface area contributed by atoms with Crippen molar-refractivity contribution in [1.29, 1.82) is 0 Å².